The average molecular weight is 364 g/mol. The van der Waals surface area contributed by atoms with E-state index in [1.54, 1.807) is 18.2 Å². The normalized spacial score (nSPS) is 11.5. The van der Waals surface area contributed by atoms with Gasteiger partial charge in [0.15, 0.2) is 0 Å². The minimum atomic E-state index is -3.70. The molecule has 0 saturated heterocycles. The highest BCUT2D eigenvalue weighted by Crippen LogP contribution is 2.29. The van der Waals surface area contributed by atoms with E-state index < -0.39 is 10.0 Å². The molecule has 0 spiro atoms. The number of fused-ring (bicyclic) bond motifs is 1. The van der Waals surface area contributed by atoms with Crippen LogP contribution in [0.1, 0.15) is 19.8 Å². The second-order valence-corrected chi connectivity index (χ2v) is 7.63. The smallest absolute Gasteiger partial charge is 0.305 e. The van der Waals surface area contributed by atoms with E-state index >= 15 is 0 Å². The maximum atomic E-state index is 12.6. The number of hydrogen-bond acceptors (Lipinski definition) is 5. The lowest BCUT2D eigenvalue weighted by Gasteiger charge is -2.17. The van der Waals surface area contributed by atoms with E-state index in [0.717, 1.165) is 11.1 Å². The summed E-state index contributed by atoms with van der Waals surface area (Å²) >= 11 is 0. The van der Waals surface area contributed by atoms with Gasteiger partial charge in [-0.2, -0.15) is 0 Å². The number of benzene rings is 2. The fourth-order valence-corrected chi connectivity index (χ4v) is 3.82. The van der Waals surface area contributed by atoms with Gasteiger partial charge in [-0.15, -0.1) is 0 Å². The van der Waals surface area contributed by atoms with Crippen molar-refractivity contribution in [3.8, 4) is 0 Å². The third kappa shape index (κ3) is 4.70. The van der Waals surface area contributed by atoms with Crippen LogP contribution in [0.4, 0.5) is 5.69 Å². The Bertz CT molecular complexity index is 847. The monoisotopic (exact) mass is 364 g/mol. The summed E-state index contributed by atoms with van der Waals surface area (Å²) in [4.78, 5) is 13.5. The third-order valence-electron chi connectivity index (χ3n) is 3.74. The van der Waals surface area contributed by atoms with Crippen LogP contribution in [-0.2, 0) is 19.6 Å². The standard InChI is InChI=1S/C18H24N2O4S/c1-4-7-18(21)24-13-12-19-25(22,23)17-11-6-8-14-15(17)9-5-10-16(14)20(2)3/h5-6,8-11,19H,4,7,12-13H2,1-3H3. The van der Waals surface area contributed by atoms with Crippen molar-refractivity contribution in [3.05, 3.63) is 36.4 Å². The van der Waals surface area contributed by atoms with Crippen LogP contribution in [-0.4, -0.2) is 41.6 Å². The quantitative estimate of drug-likeness (QED) is 0.575. The maximum Gasteiger partial charge on any atom is 0.305 e. The van der Waals surface area contributed by atoms with Crippen LogP contribution in [0.25, 0.3) is 10.8 Å². The summed E-state index contributed by atoms with van der Waals surface area (Å²) in [5.74, 6) is -0.317. The Hall–Kier alpha value is -2.12. The molecule has 25 heavy (non-hydrogen) atoms. The Balaban J connectivity index is 2.19. The first-order chi connectivity index (χ1) is 11.9. The number of ether oxygens (including phenoxy) is 1. The van der Waals surface area contributed by atoms with Crippen molar-refractivity contribution in [2.45, 2.75) is 24.7 Å². The maximum absolute atomic E-state index is 12.6. The number of esters is 1. The van der Waals surface area contributed by atoms with Crippen LogP contribution >= 0.6 is 0 Å². The molecule has 0 aromatic heterocycles. The second-order valence-electron chi connectivity index (χ2n) is 5.89. The molecule has 2 aromatic carbocycles. The van der Waals surface area contributed by atoms with Crippen molar-refractivity contribution >= 4 is 32.5 Å². The van der Waals surface area contributed by atoms with E-state index in [9.17, 15) is 13.2 Å². The minimum absolute atomic E-state index is 0.0196. The molecule has 0 amide bonds. The van der Waals surface area contributed by atoms with Gasteiger partial charge in [-0.3, -0.25) is 4.79 Å². The summed E-state index contributed by atoms with van der Waals surface area (Å²) in [5.41, 5.74) is 0.947. The van der Waals surface area contributed by atoms with Gasteiger partial charge in [0.1, 0.15) is 6.61 Å². The van der Waals surface area contributed by atoms with Crippen molar-refractivity contribution in [1.29, 1.82) is 0 Å². The molecule has 6 nitrogen and oxygen atoms in total. The fourth-order valence-electron chi connectivity index (χ4n) is 2.58. The number of nitrogens with zero attached hydrogens (tertiary/aromatic N) is 1. The Morgan fingerprint density at radius 1 is 1.12 bits per heavy atom. The third-order valence-corrected chi connectivity index (χ3v) is 5.26. The van der Waals surface area contributed by atoms with Crippen molar-refractivity contribution in [1.82, 2.24) is 4.72 Å². The molecule has 0 aliphatic carbocycles. The van der Waals surface area contributed by atoms with Crippen LogP contribution in [0, 0.1) is 0 Å². The van der Waals surface area contributed by atoms with Crippen LogP contribution in [0.5, 0.6) is 0 Å². The van der Waals surface area contributed by atoms with Crippen molar-refractivity contribution in [2.75, 3.05) is 32.1 Å². The van der Waals surface area contributed by atoms with E-state index in [0.29, 0.717) is 18.2 Å². The lowest BCUT2D eigenvalue weighted by atomic mass is 10.1. The van der Waals surface area contributed by atoms with Gasteiger partial charge in [0.25, 0.3) is 0 Å². The first-order valence-corrected chi connectivity index (χ1v) is 9.69. The molecule has 136 valence electrons. The molecule has 0 aliphatic heterocycles. The molecule has 2 rings (SSSR count). The first-order valence-electron chi connectivity index (χ1n) is 8.21. The Kier molecular flexibility index (Phi) is 6.39. The Labute approximate surface area is 148 Å². The second kappa shape index (κ2) is 8.31. The number of anilines is 1. The minimum Gasteiger partial charge on any atom is -0.464 e. The van der Waals surface area contributed by atoms with Gasteiger partial charge in [-0.1, -0.05) is 31.2 Å². The zero-order valence-electron chi connectivity index (χ0n) is 14.8. The highest BCUT2D eigenvalue weighted by molar-refractivity contribution is 7.89. The topological polar surface area (TPSA) is 75.7 Å². The number of hydrogen-bond donors (Lipinski definition) is 1. The Morgan fingerprint density at radius 3 is 2.48 bits per heavy atom. The highest BCUT2D eigenvalue weighted by Gasteiger charge is 2.18. The SMILES string of the molecule is CCCC(=O)OCCNS(=O)(=O)c1cccc2c(N(C)C)cccc12. The largest absolute Gasteiger partial charge is 0.464 e. The fraction of sp³-hybridized carbons (Fsp3) is 0.389. The van der Waals surface area contributed by atoms with Crippen LogP contribution in [0.15, 0.2) is 41.3 Å². The van der Waals surface area contributed by atoms with Crippen LogP contribution in [0.3, 0.4) is 0 Å². The van der Waals surface area contributed by atoms with Gasteiger partial charge in [-0.05, 0) is 18.6 Å². The van der Waals surface area contributed by atoms with E-state index in [4.69, 9.17) is 4.74 Å². The molecule has 1 N–H and O–H groups in total. The summed E-state index contributed by atoms with van der Waals surface area (Å²) in [6, 6.07) is 10.8. The molecule has 0 heterocycles. The van der Waals surface area contributed by atoms with Gasteiger partial charge in [0.05, 0.1) is 4.90 Å². The van der Waals surface area contributed by atoms with Crippen molar-refractivity contribution < 1.29 is 17.9 Å². The highest BCUT2D eigenvalue weighted by atomic mass is 32.2. The number of sulfonamides is 1. The molecule has 7 heteroatoms. The molecule has 0 atom stereocenters. The predicted molar refractivity (Wildman–Crippen MR) is 99.3 cm³/mol. The Morgan fingerprint density at radius 2 is 1.80 bits per heavy atom. The lowest BCUT2D eigenvalue weighted by molar-refractivity contribution is -0.143. The molecular formula is C18H24N2O4S. The van der Waals surface area contributed by atoms with Gasteiger partial charge in [0.2, 0.25) is 10.0 Å². The molecule has 0 radical (unpaired) electrons. The average Bonchev–Trinajstić information content (AvgIpc) is 2.57. The molecule has 0 saturated carbocycles. The first kappa shape index (κ1) is 19.2. The molecule has 0 aliphatic rings. The van der Waals surface area contributed by atoms with E-state index in [2.05, 4.69) is 4.72 Å². The summed E-state index contributed by atoms with van der Waals surface area (Å²) in [6.45, 7) is 1.94. The number of carbonyl (C=O) groups is 1. The van der Waals surface area contributed by atoms with Crippen molar-refractivity contribution in [3.63, 3.8) is 0 Å². The zero-order chi connectivity index (χ0) is 18.4. The van der Waals surface area contributed by atoms with E-state index in [-0.39, 0.29) is 24.0 Å². The molecule has 2 aromatic rings. The zero-order valence-corrected chi connectivity index (χ0v) is 15.6. The number of carbonyl (C=O) groups excluding carboxylic acids is 1. The summed E-state index contributed by atoms with van der Waals surface area (Å²) in [7, 11) is 0.132. The van der Waals surface area contributed by atoms with Crippen LogP contribution in [0.2, 0.25) is 0 Å². The lowest BCUT2D eigenvalue weighted by Crippen LogP contribution is -2.28. The number of nitrogens with one attached hydrogen (secondary N) is 1. The van der Waals surface area contributed by atoms with Gasteiger partial charge >= 0.3 is 5.97 Å². The predicted octanol–water partition coefficient (Wildman–Crippen LogP) is 2.53. The molecule has 0 bridgehead atoms. The van der Waals surface area contributed by atoms with Gasteiger partial charge < -0.3 is 9.64 Å². The van der Waals surface area contributed by atoms with Gasteiger partial charge in [0, 0.05) is 43.5 Å². The van der Waals surface area contributed by atoms with Gasteiger partial charge in [-0.25, -0.2) is 13.1 Å². The van der Waals surface area contributed by atoms with Crippen molar-refractivity contribution in [2.24, 2.45) is 0 Å². The summed E-state index contributed by atoms with van der Waals surface area (Å²) < 4.78 is 32.7. The summed E-state index contributed by atoms with van der Waals surface area (Å²) in [5, 5.41) is 1.52. The number of rotatable bonds is 8. The van der Waals surface area contributed by atoms with E-state index in [1.165, 1.54) is 0 Å². The molecule has 0 fully saturated rings. The molecular weight excluding hydrogens is 340 g/mol. The summed E-state index contributed by atoms with van der Waals surface area (Å²) in [6.07, 6.45) is 1.04. The molecule has 0 unspecified atom stereocenters. The van der Waals surface area contributed by atoms with E-state index in [1.807, 2.05) is 44.1 Å². The van der Waals surface area contributed by atoms with Crippen LogP contribution < -0.4 is 9.62 Å².